The van der Waals surface area contributed by atoms with Gasteiger partial charge in [0.2, 0.25) is 5.75 Å². The van der Waals surface area contributed by atoms with E-state index in [-0.39, 0.29) is 36.5 Å². The van der Waals surface area contributed by atoms with Crippen LogP contribution >= 0.6 is 15.8 Å². The van der Waals surface area contributed by atoms with Crippen LogP contribution in [-0.2, 0) is 12.3 Å². The van der Waals surface area contributed by atoms with Crippen molar-refractivity contribution in [2.45, 2.75) is 116 Å². The number of ether oxygens (including phenoxy) is 3. The van der Waals surface area contributed by atoms with E-state index in [2.05, 4.69) is 89.2 Å². The molecule has 0 fully saturated rings. The molecule has 0 bridgehead atoms. The maximum atomic E-state index is 5.94. The lowest BCUT2D eigenvalue weighted by Gasteiger charge is -2.43. The molecule has 0 radical (unpaired) electrons. The zero-order valence-corrected chi connectivity index (χ0v) is 25.4. The molecule has 186 valence electrons. The lowest BCUT2D eigenvalue weighted by molar-refractivity contribution is 0.321. The molecule has 0 aromatic heterocycles. The molecule has 0 saturated heterocycles. The second-order valence-electron chi connectivity index (χ2n) is 12.7. The summed E-state index contributed by atoms with van der Waals surface area (Å²) in [5.74, 6) is 2.38. The highest BCUT2D eigenvalue weighted by Gasteiger charge is 2.38. The Balaban J connectivity index is 3.77. The predicted octanol–water partition coefficient (Wildman–Crippen LogP) is 8.87. The van der Waals surface area contributed by atoms with Gasteiger partial charge in [-0.25, -0.2) is 0 Å². The van der Waals surface area contributed by atoms with E-state index in [9.17, 15) is 0 Å². The summed E-state index contributed by atoms with van der Waals surface area (Å²) in [7, 11) is 4.57. The first-order chi connectivity index (χ1) is 14.3. The van der Waals surface area contributed by atoms with E-state index in [1.54, 1.807) is 21.3 Å². The molecule has 0 amide bonds. The average Bonchev–Trinajstić information content (AvgIpc) is 2.58. The van der Waals surface area contributed by atoms with E-state index in [1.807, 2.05) is 0 Å². The molecule has 1 aromatic rings. The molecule has 0 aliphatic heterocycles. The van der Waals surface area contributed by atoms with Crippen molar-refractivity contribution < 1.29 is 14.2 Å². The first-order valence-electron chi connectivity index (χ1n) is 11.6. The largest absolute Gasteiger partial charge is 0.492 e. The third-order valence-electron chi connectivity index (χ3n) is 5.85. The maximum absolute atomic E-state index is 5.94. The minimum Gasteiger partial charge on any atom is -0.492 e. The fourth-order valence-electron chi connectivity index (χ4n) is 4.91. The van der Waals surface area contributed by atoms with E-state index >= 15 is 0 Å². The molecule has 1 rings (SSSR count). The van der Waals surface area contributed by atoms with Gasteiger partial charge in [-0.3, -0.25) is 0 Å². The molecule has 0 unspecified atom stereocenters. The quantitative estimate of drug-likeness (QED) is 0.362. The molecule has 0 saturated carbocycles. The van der Waals surface area contributed by atoms with Crippen molar-refractivity contribution in [2.24, 2.45) is 0 Å². The molecule has 0 atom stereocenters. The van der Waals surface area contributed by atoms with Gasteiger partial charge in [-0.05, 0) is 39.0 Å². The molecular formula is C27H50O3P2. The van der Waals surface area contributed by atoms with Crippen molar-refractivity contribution in [1.82, 2.24) is 0 Å². The minimum absolute atomic E-state index is 0.232. The van der Waals surface area contributed by atoms with Gasteiger partial charge in [0, 0.05) is 11.1 Å². The van der Waals surface area contributed by atoms with E-state index in [1.165, 1.54) is 11.1 Å². The smallest absolute Gasteiger partial charge is 0.203 e. The van der Waals surface area contributed by atoms with Crippen molar-refractivity contribution >= 4 is 15.8 Å². The van der Waals surface area contributed by atoms with Crippen LogP contribution in [0.2, 0.25) is 0 Å². The summed E-state index contributed by atoms with van der Waals surface area (Å²) in [5, 5.41) is 0.926. The Morgan fingerprint density at radius 3 is 0.938 bits per heavy atom. The number of benzene rings is 1. The normalized spacial score (nSPS) is 13.7. The highest BCUT2D eigenvalue weighted by molar-refractivity contribution is 7.60. The Morgan fingerprint density at radius 1 is 0.500 bits per heavy atom. The van der Waals surface area contributed by atoms with Gasteiger partial charge in [0.15, 0.2) is 11.5 Å². The molecule has 0 heterocycles. The van der Waals surface area contributed by atoms with Crippen molar-refractivity contribution in [3.8, 4) is 17.2 Å². The summed E-state index contributed by atoms with van der Waals surface area (Å²) in [6.45, 7) is 28.5. The predicted molar refractivity (Wildman–Crippen MR) is 146 cm³/mol. The van der Waals surface area contributed by atoms with Crippen LogP contribution in [0.3, 0.4) is 0 Å². The summed E-state index contributed by atoms with van der Waals surface area (Å²) in [6, 6.07) is 2.36. The Kier molecular flexibility index (Phi) is 9.59. The average molecular weight is 485 g/mol. The zero-order chi connectivity index (χ0) is 25.3. The van der Waals surface area contributed by atoms with Crippen molar-refractivity contribution in [3.05, 3.63) is 17.2 Å². The van der Waals surface area contributed by atoms with Gasteiger partial charge in [0.05, 0.1) is 21.3 Å². The number of rotatable bonds is 7. The first kappa shape index (κ1) is 29.5. The molecular weight excluding hydrogens is 434 g/mol. The molecule has 0 N–H and O–H groups in total. The second-order valence-corrected chi connectivity index (χ2v) is 20.4. The fourth-order valence-corrected chi connectivity index (χ4v) is 12.0. The Morgan fingerprint density at radius 2 is 0.750 bits per heavy atom. The summed E-state index contributed by atoms with van der Waals surface area (Å²) >= 11 is 0. The van der Waals surface area contributed by atoms with Crippen LogP contribution in [0.25, 0.3) is 0 Å². The Labute approximate surface area is 201 Å². The Hall–Kier alpha value is -0.520. The fraction of sp³-hybridized carbons (Fsp3) is 0.778. The number of methoxy groups -OCH3 is 3. The lowest BCUT2D eigenvalue weighted by Crippen LogP contribution is -2.26. The maximum Gasteiger partial charge on any atom is 0.203 e. The van der Waals surface area contributed by atoms with Gasteiger partial charge in [0.25, 0.3) is 0 Å². The van der Waals surface area contributed by atoms with Crippen molar-refractivity contribution in [1.29, 1.82) is 0 Å². The van der Waals surface area contributed by atoms with Crippen molar-refractivity contribution in [2.75, 3.05) is 21.3 Å². The van der Waals surface area contributed by atoms with E-state index < -0.39 is 0 Å². The van der Waals surface area contributed by atoms with Crippen LogP contribution in [0.4, 0.5) is 0 Å². The monoisotopic (exact) mass is 484 g/mol. The number of hydrogen-bond donors (Lipinski definition) is 0. The molecule has 32 heavy (non-hydrogen) atoms. The van der Waals surface area contributed by atoms with E-state index in [0.29, 0.717) is 0 Å². The van der Waals surface area contributed by atoms with Gasteiger partial charge < -0.3 is 14.2 Å². The van der Waals surface area contributed by atoms with Crippen LogP contribution < -0.4 is 14.2 Å². The van der Waals surface area contributed by atoms with Crippen molar-refractivity contribution in [3.63, 3.8) is 0 Å². The molecule has 1 aromatic carbocycles. The first-order valence-corrected chi connectivity index (χ1v) is 14.7. The van der Waals surface area contributed by atoms with Crippen LogP contribution in [0.1, 0.15) is 94.2 Å². The third kappa shape index (κ3) is 7.24. The highest BCUT2D eigenvalue weighted by Crippen LogP contribution is 2.65. The summed E-state index contributed by atoms with van der Waals surface area (Å²) in [5.41, 5.74) is 2.49. The lowest BCUT2D eigenvalue weighted by atomic mass is 10.1. The third-order valence-corrected chi connectivity index (χ3v) is 13.6. The zero-order valence-electron chi connectivity index (χ0n) is 23.6. The SMILES string of the molecule is COc1c(CP(C(C)(C)C)C(C)(C)C)cc(CP(C(C)(C)C)C(C)(C)C)c(OC)c1OC. The molecule has 0 aliphatic carbocycles. The molecule has 5 heteroatoms. The van der Waals surface area contributed by atoms with E-state index in [0.717, 1.165) is 29.6 Å². The summed E-state index contributed by atoms with van der Waals surface area (Å²) < 4.78 is 17.8. The highest BCUT2D eigenvalue weighted by atomic mass is 31.1. The van der Waals surface area contributed by atoms with Crippen LogP contribution in [-0.4, -0.2) is 42.0 Å². The van der Waals surface area contributed by atoms with E-state index in [4.69, 9.17) is 14.2 Å². The topological polar surface area (TPSA) is 27.7 Å². The van der Waals surface area contributed by atoms with Crippen LogP contribution in [0, 0.1) is 0 Å². The summed E-state index contributed by atoms with van der Waals surface area (Å²) in [4.78, 5) is 0. The number of hydrogen-bond acceptors (Lipinski definition) is 3. The van der Waals surface area contributed by atoms with Gasteiger partial charge in [-0.1, -0.05) is 98.9 Å². The Bertz CT molecular complexity index is 671. The van der Waals surface area contributed by atoms with Gasteiger partial charge in [-0.15, -0.1) is 0 Å². The molecule has 3 nitrogen and oxygen atoms in total. The summed E-state index contributed by atoms with van der Waals surface area (Å²) in [6.07, 6.45) is 2.00. The molecule has 0 spiro atoms. The minimum atomic E-state index is -0.321. The van der Waals surface area contributed by atoms with Crippen LogP contribution in [0.5, 0.6) is 17.2 Å². The second kappa shape index (κ2) is 10.4. The van der Waals surface area contributed by atoms with Gasteiger partial charge >= 0.3 is 0 Å². The standard InChI is InChI=1S/C27H50O3P2/c1-24(2,3)31(25(4,5)6)17-19-16-20(18-32(26(7,8)9)27(10,11)12)22(29-14)23(30-15)21(19)28-13/h16H,17-18H2,1-15H3. The van der Waals surface area contributed by atoms with Crippen LogP contribution in [0.15, 0.2) is 6.07 Å². The van der Waals surface area contributed by atoms with Gasteiger partial charge in [-0.2, -0.15) is 0 Å². The van der Waals surface area contributed by atoms with Gasteiger partial charge in [0.1, 0.15) is 0 Å². The molecule has 0 aliphatic rings.